The molecule has 76 valence electrons. The molecule has 3 fully saturated rings. The number of piperidine rings is 2. The zero-order valence-corrected chi connectivity index (χ0v) is 8.24. The maximum absolute atomic E-state index is 11.7. The Morgan fingerprint density at radius 3 is 1.86 bits per heavy atom. The van der Waals surface area contributed by atoms with Crippen molar-refractivity contribution in [3.63, 3.8) is 0 Å². The smallest absolute Gasteiger partial charge is 0.229 e. The molecule has 3 aliphatic rings. The summed E-state index contributed by atoms with van der Waals surface area (Å²) < 4.78 is 0. The molecule has 3 rings (SSSR count). The van der Waals surface area contributed by atoms with Gasteiger partial charge in [-0.3, -0.25) is 14.5 Å². The highest BCUT2D eigenvalue weighted by Gasteiger charge is 2.49. The van der Waals surface area contributed by atoms with Crippen LogP contribution in [0.2, 0.25) is 0 Å². The maximum atomic E-state index is 11.7. The Kier molecular flexibility index (Phi) is 1.70. The van der Waals surface area contributed by atoms with Crippen LogP contribution >= 0.6 is 0 Å². The van der Waals surface area contributed by atoms with Crippen LogP contribution in [0.25, 0.3) is 0 Å². The lowest BCUT2D eigenvalue weighted by Crippen LogP contribution is -2.54. The Morgan fingerprint density at radius 2 is 1.36 bits per heavy atom. The monoisotopic (exact) mass is 193 g/mol. The Bertz CT molecular complexity index is 272. The molecule has 3 heteroatoms. The van der Waals surface area contributed by atoms with Gasteiger partial charge in [0.2, 0.25) is 11.8 Å². The molecule has 1 saturated carbocycles. The van der Waals surface area contributed by atoms with Crippen LogP contribution in [0.1, 0.15) is 38.5 Å². The number of carbonyl (C=O) groups excluding carboxylic acids is 2. The average molecular weight is 193 g/mol. The third kappa shape index (κ3) is 0.983. The van der Waals surface area contributed by atoms with E-state index in [1.165, 1.54) is 12.8 Å². The molecule has 2 unspecified atom stereocenters. The highest BCUT2D eigenvalue weighted by atomic mass is 16.2. The minimum absolute atomic E-state index is 0.0860. The highest BCUT2D eigenvalue weighted by Crippen LogP contribution is 2.45. The first kappa shape index (κ1) is 8.45. The van der Waals surface area contributed by atoms with E-state index in [1.807, 2.05) is 0 Å². The summed E-state index contributed by atoms with van der Waals surface area (Å²) in [6.45, 7) is 0. The predicted molar refractivity (Wildman–Crippen MR) is 50.3 cm³/mol. The van der Waals surface area contributed by atoms with Crippen molar-refractivity contribution in [1.29, 1.82) is 0 Å². The SMILES string of the molecule is O=C1CCC2CCC3CCC(=O)N1C23. The standard InChI is InChI=1S/C11H15NO2/c13-9-5-3-7-1-2-8-4-6-10(14)12(9)11(7)8/h7-8,11H,1-6H2. The fourth-order valence-electron chi connectivity index (χ4n) is 3.54. The molecule has 0 N–H and O–H groups in total. The van der Waals surface area contributed by atoms with Gasteiger partial charge >= 0.3 is 0 Å². The van der Waals surface area contributed by atoms with E-state index in [4.69, 9.17) is 0 Å². The van der Waals surface area contributed by atoms with Crippen LogP contribution in [-0.4, -0.2) is 22.8 Å². The summed E-state index contributed by atoms with van der Waals surface area (Å²) >= 11 is 0. The zero-order valence-electron chi connectivity index (χ0n) is 8.24. The van der Waals surface area contributed by atoms with E-state index in [1.54, 1.807) is 4.90 Å². The van der Waals surface area contributed by atoms with Crippen molar-refractivity contribution in [3.05, 3.63) is 0 Å². The van der Waals surface area contributed by atoms with Crippen molar-refractivity contribution in [1.82, 2.24) is 4.90 Å². The fourth-order valence-corrected chi connectivity index (χ4v) is 3.54. The number of carbonyl (C=O) groups is 2. The lowest BCUT2D eigenvalue weighted by Gasteiger charge is -2.42. The number of hydrogen-bond acceptors (Lipinski definition) is 2. The molecule has 2 saturated heterocycles. The van der Waals surface area contributed by atoms with Crippen molar-refractivity contribution in [3.8, 4) is 0 Å². The van der Waals surface area contributed by atoms with E-state index in [2.05, 4.69) is 0 Å². The number of amides is 2. The van der Waals surface area contributed by atoms with Gasteiger partial charge in [-0.05, 0) is 37.5 Å². The van der Waals surface area contributed by atoms with Gasteiger partial charge in [-0.1, -0.05) is 0 Å². The Hall–Kier alpha value is -0.860. The maximum Gasteiger partial charge on any atom is 0.229 e. The summed E-state index contributed by atoms with van der Waals surface area (Å²) in [4.78, 5) is 24.9. The molecule has 0 aromatic rings. The van der Waals surface area contributed by atoms with E-state index < -0.39 is 0 Å². The second-order valence-corrected chi connectivity index (χ2v) is 4.82. The normalized spacial score (nSPS) is 41.4. The molecular formula is C11H15NO2. The lowest BCUT2D eigenvalue weighted by molar-refractivity contribution is -0.156. The first-order chi connectivity index (χ1) is 6.77. The molecule has 14 heavy (non-hydrogen) atoms. The molecule has 2 amide bonds. The first-order valence-electron chi connectivity index (χ1n) is 5.62. The minimum atomic E-state index is 0.0860. The lowest BCUT2D eigenvalue weighted by atomic mass is 9.83. The van der Waals surface area contributed by atoms with Gasteiger partial charge in [0.25, 0.3) is 0 Å². The molecule has 2 aliphatic heterocycles. The van der Waals surface area contributed by atoms with E-state index in [-0.39, 0.29) is 17.9 Å². The summed E-state index contributed by atoms with van der Waals surface area (Å²) in [6.07, 6.45) is 5.69. The minimum Gasteiger partial charge on any atom is -0.279 e. The van der Waals surface area contributed by atoms with Crippen LogP contribution in [0.3, 0.4) is 0 Å². The largest absolute Gasteiger partial charge is 0.279 e. The van der Waals surface area contributed by atoms with E-state index in [9.17, 15) is 9.59 Å². The fraction of sp³-hybridized carbons (Fsp3) is 0.818. The Labute approximate surface area is 83.5 Å². The zero-order chi connectivity index (χ0) is 9.71. The molecule has 0 spiro atoms. The van der Waals surface area contributed by atoms with Gasteiger partial charge in [0.15, 0.2) is 0 Å². The number of nitrogens with zero attached hydrogens (tertiary/aromatic N) is 1. The number of rotatable bonds is 0. The summed E-state index contributed by atoms with van der Waals surface area (Å²) in [5.41, 5.74) is 0. The van der Waals surface area contributed by atoms with Gasteiger partial charge in [-0.25, -0.2) is 0 Å². The predicted octanol–water partition coefficient (Wildman–Crippen LogP) is 1.32. The van der Waals surface area contributed by atoms with E-state index >= 15 is 0 Å². The summed E-state index contributed by atoms with van der Waals surface area (Å²) in [5, 5.41) is 0. The van der Waals surface area contributed by atoms with E-state index in [0.717, 1.165) is 12.8 Å². The summed E-state index contributed by atoms with van der Waals surface area (Å²) in [5.74, 6) is 1.43. The Balaban J connectivity index is 1.97. The van der Waals surface area contributed by atoms with Crippen LogP contribution in [0.15, 0.2) is 0 Å². The number of imide groups is 1. The second kappa shape index (κ2) is 2.81. The molecule has 2 heterocycles. The van der Waals surface area contributed by atoms with Crippen LogP contribution in [0.4, 0.5) is 0 Å². The molecular weight excluding hydrogens is 178 g/mol. The topological polar surface area (TPSA) is 37.4 Å². The van der Waals surface area contributed by atoms with Crippen molar-refractivity contribution < 1.29 is 9.59 Å². The third-order valence-corrected chi connectivity index (χ3v) is 4.17. The summed E-state index contributed by atoms with van der Waals surface area (Å²) in [7, 11) is 0. The van der Waals surface area contributed by atoms with Crippen molar-refractivity contribution >= 4 is 11.8 Å². The van der Waals surface area contributed by atoms with Crippen LogP contribution < -0.4 is 0 Å². The van der Waals surface area contributed by atoms with Gasteiger partial charge in [0.1, 0.15) is 0 Å². The molecule has 2 atom stereocenters. The molecule has 3 nitrogen and oxygen atoms in total. The molecule has 0 aromatic carbocycles. The van der Waals surface area contributed by atoms with Gasteiger partial charge in [0, 0.05) is 18.9 Å². The molecule has 1 aliphatic carbocycles. The number of hydrogen-bond donors (Lipinski definition) is 0. The van der Waals surface area contributed by atoms with Gasteiger partial charge in [-0.15, -0.1) is 0 Å². The highest BCUT2D eigenvalue weighted by molar-refractivity contribution is 5.97. The first-order valence-corrected chi connectivity index (χ1v) is 5.62. The van der Waals surface area contributed by atoms with Crippen LogP contribution in [0.5, 0.6) is 0 Å². The van der Waals surface area contributed by atoms with Crippen LogP contribution in [-0.2, 0) is 9.59 Å². The summed E-state index contributed by atoms with van der Waals surface area (Å²) in [6, 6.07) is 0.289. The van der Waals surface area contributed by atoms with Crippen molar-refractivity contribution in [2.45, 2.75) is 44.6 Å². The van der Waals surface area contributed by atoms with Crippen molar-refractivity contribution in [2.75, 3.05) is 0 Å². The van der Waals surface area contributed by atoms with Crippen molar-refractivity contribution in [2.24, 2.45) is 11.8 Å². The van der Waals surface area contributed by atoms with E-state index in [0.29, 0.717) is 24.7 Å². The van der Waals surface area contributed by atoms with Crippen LogP contribution in [0, 0.1) is 11.8 Å². The molecule has 0 radical (unpaired) electrons. The van der Waals surface area contributed by atoms with Gasteiger partial charge < -0.3 is 0 Å². The van der Waals surface area contributed by atoms with Gasteiger partial charge in [-0.2, -0.15) is 0 Å². The average Bonchev–Trinajstić information content (AvgIpc) is 2.58. The molecule has 0 bridgehead atoms. The van der Waals surface area contributed by atoms with Gasteiger partial charge in [0.05, 0.1) is 0 Å². The molecule has 0 aromatic heterocycles. The quantitative estimate of drug-likeness (QED) is 0.544. The third-order valence-electron chi connectivity index (χ3n) is 4.17. The second-order valence-electron chi connectivity index (χ2n) is 4.82. The Morgan fingerprint density at radius 1 is 0.857 bits per heavy atom.